The van der Waals surface area contributed by atoms with Gasteiger partial charge in [-0.15, -0.1) is 0 Å². The number of hydrogen-bond acceptors (Lipinski definition) is 5. The number of likely N-dealkylation sites (N-methyl/N-ethyl adjacent to an activating group) is 1. The molecule has 0 bridgehead atoms. The third-order valence-electron chi connectivity index (χ3n) is 7.39. The van der Waals surface area contributed by atoms with E-state index < -0.39 is 0 Å². The lowest BCUT2D eigenvalue weighted by Gasteiger charge is -2.24. The SMILES string of the molecule is CCc1cccc2c([C@H](CC(=O)N(C)CCc3ccc(OC)c(OC)c3)c3cccc(OC)c3OC)c[nH]c12. The van der Waals surface area contributed by atoms with Crippen molar-refractivity contribution in [3.05, 3.63) is 83.0 Å². The van der Waals surface area contributed by atoms with Gasteiger partial charge in [0.05, 0.1) is 28.4 Å². The van der Waals surface area contributed by atoms with Gasteiger partial charge in [0.2, 0.25) is 5.91 Å². The van der Waals surface area contributed by atoms with Crippen LogP contribution in [0.2, 0.25) is 0 Å². The average molecular weight is 531 g/mol. The maximum Gasteiger partial charge on any atom is 0.223 e. The molecule has 0 saturated carbocycles. The number of nitrogens with one attached hydrogen (secondary N) is 1. The highest BCUT2D eigenvalue weighted by Crippen LogP contribution is 2.42. The zero-order chi connectivity index (χ0) is 27.9. The first-order chi connectivity index (χ1) is 18.9. The van der Waals surface area contributed by atoms with Crippen molar-refractivity contribution in [2.45, 2.75) is 32.1 Å². The summed E-state index contributed by atoms with van der Waals surface area (Å²) in [5, 5.41) is 1.12. The number of aromatic nitrogens is 1. The Hall–Kier alpha value is -4.13. The quantitative estimate of drug-likeness (QED) is 0.244. The van der Waals surface area contributed by atoms with Crippen molar-refractivity contribution in [1.82, 2.24) is 9.88 Å². The summed E-state index contributed by atoms with van der Waals surface area (Å²) in [6, 6.07) is 18.0. The molecule has 0 saturated heterocycles. The first kappa shape index (κ1) is 27.9. The molecule has 0 radical (unpaired) electrons. The number of fused-ring (bicyclic) bond motifs is 1. The number of ether oxygens (including phenoxy) is 4. The maximum atomic E-state index is 13.7. The number of benzene rings is 3. The van der Waals surface area contributed by atoms with Crippen LogP contribution in [0.1, 0.15) is 41.5 Å². The highest BCUT2D eigenvalue weighted by molar-refractivity contribution is 5.88. The molecule has 1 aromatic heterocycles. The maximum absolute atomic E-state index is 13.7. The third kappa shape index (κ3) is 5.82. The van der Waals surface area contributed by atoms with Gasteiger partial charge < -0.3 is 28.8 Å². The number of methoxy groups -OCH3 is 4. The zero-order valence-corrected chi connectivity index (χ0v) is 23.7. The molecule has 1 amide bonds. The number of carbonyl (C=O) groups excluding carboxylic acids is 1. The largest absolute Gasteiger partial charge is 0.493 e. The summed E-state index contributed by atoms with van der Waals surface area (Å²) in [4.78, 5) is 18.9. The molecule has 1 N–H and O–H groups in total. The summed E-state index contributed by atoms with van der Waals surface area (Å²) in [6.45, 7) is 2.72. The number of aryl methyl sites for hydroxylation is 1. The lowest BCUT2D eigenvalue weighted by Crippen LogP contribution is -2.30. The first-order valence-electron chi connectivity index (χ1n) is 13.2. The fourth-order valence-electron chi connectivity index (χ4n) is 5.18. The molecule has 206 valence electrons. The van der Waals surface area contributed by atoms with Gasteiger partial charge in [0, 0.05) is 48.6 Å². The monoisotopic (exact) mass is 530 g/mol. The van der Waals surface area contributed by atoms with Crippen molar-refractivity contribution in [3.63, 3.8) is 0 Å². The highest BCUT2D eigenvalue weighted by atomic mass is 16.5. The molecule has 7 heteroatoms. The first-order valence-corrected chi connectivity index (χ1v) is 13.2. The highest BCUT2D eigenvalue weighted by Gasteiger charge is 2.27. The molecule has 0 fully saturated rings. The molecule has 3 aromatic carbocycles. The van der Waals surface area contributed by atoms with Gasteiger partial charge in [-0.05, 0) is 47.7 Å². The van der Waals surface area contributed by atoms with E-state index in [1.165, 1.54) is 5.56 Å². The molecule has 0 aliphatic carbocycles. The van der Waals surface area contributed by atoms with Crippen LogP contribution in [0.25, 0.3) is 10.9 Å². The summed E-state index contributed by atoms with van der Waals surface area (Å²) in [6.07, 6.45) is 3.94. The molecular formula is C32H38N2O5. The van der Waals surface area contributed by atoms with Gasteiger partial charge >= 0.3 is 0 Å². The van der Waals surface area contributed by atoms with E-state index in [4.69, 9.17) is 18.9 Å². The lowest BCUT2D eigenvalue weighted by molar-refractivity contribution is -0.130. The summed E-state index contributed by atoms with van der Waals surface area (Å²) in [7, 11) is 8.36. The minimum Gasteiger partial charge on any atom is -0.493 e. The number of para-hydroxylation sites is 2. The number of rotatable bonds is 12. The second-order valence-electron chi connectivity index (χ2n) is 9.53. The van der Waals surface area contributed by atoms with E-state index in [1.54, 1.807) is 33.3 Å². The Labute approximate surface area is 230 Å². The number of aromatic amines is 1. The number of H-pyrrole nitrogens is 1. The van der Waals surface area contributed by atoms with E-state index in [2.05, 4.69) is 30.1 Å². The molecule has 4 aromatic rings. The van der Waals surface area contributed by atoms with E-state index in [9.17, 15) is 4.79 Å². The van der Waals surface area contributed by atoms with Crippen molar-refractivity contribution in [2.24, 2.45) is 0 Å². The van der Waals surface area contributed by atoms with Crippen LogP contribution in [0, 0.1) is 0 Å². The minimum absolute atomic E-state index is 0.0475. The van der Waals surface area contributed by atoms with Crippen LogP contribution in [0.15, 0.2) is 60.8 Å². The van der Waals surface area contributed by atoms with Gasteiger partial charge in [-0.25, -0.2) is 0 Å². The second-order valence-corrected chi connectivity index (χ2v) is 9.53. The Balaban J connectivity index is 1.64. The average Bonchev–Trinajstić information content (AvgIpc) is 3.41. The van der Waals surface area contributed by atoms with E-state index in [0.29, 0.717) is 36.0 Å². The van der Waals surface area contributed by atoms with E-state index in [-0.39, 0.29) is 18.2 Å². The molecule has 0 aliphatic heterocycles. The normalized spacial score (nSPS) is 11.7. The van der Waals surface area contributed by atoms with Gasteiger partial charge in [-0.1, -0.05) is 43.3 Å². The van der Waals surface area contributed by atoms with Crippen molar-refractivity contribution >= 4 is 16.8 Å². The number of amides is 1. The topological polar surface area (TPSA) is 73.0 Å². The predicted octanol–water partition coefficient (Wildman–Crippen LogP) is 5.99. The summed E-state index contributed by atoms with van der Waals surface area (Å²) >= 11 is 0. The molecule has 0 unspecified atom stereocenters. The molecule has 7 nitrogen and oxygen atoms in total. The summed E-state index contributed by atoms with van der Waals surface area (Å²) in [5.74, 6) is 2.47. The summed E-state index contributed by atoms with van der Waals surface area (Å²) in [5.41, 5.74) is 5.40. The summed E-state index contributed by atoms with van der Waals surface area (Å²) < 4.78 is 22.2. The molecule has 0 aliphatic rings. The molecule has 1 heterocycles. The van der Waals surface area contributed by atoms with E-state index in [0.717, 1.165) is 34.0 Å². The number of nitrogens with zero attached hydrogens (tertiary/aromatic N) is 1. The molecule has 39 heavy (non-hydrogen) atoms. The van der Waals surface area contributed by atoms with Gasteiger partial charge in [0.1, 0.15) is 0 Å². The van der Waals surface area contributed by atoms with Gasteiger partial charge in [0.25, 0.3) is 0 Å². The molecule has 1 atom stereocenters. The molecule has 0 spiro atoms. The smallest absolute Gasteiger partial charge is 0.223 e. The predicted molar refractivity (Wildman–Crippen MR) is 155 cm³/mol. The fraction of sp³-hybridized carbons (Fsp3) is 0.344. The van der Waals surface area contributed by atoms with E-state index in [1.807, 2.05) is 49.6 Å². The van der Waals surface area contributed by atoms with E-state index >= 15 is 0 Å². The molecule has 4 rings (SSSR count). The Morgan fingerprint density at radius 3 is 2.31 bits per heavy atom. The molecular weight excluding hydrogens is 492 g/mol. The van der Waals surface area contributed by atoms with Gasteiger partial charge in [0.15, 0.2) is 23.0 Å². The zero-order valence-electron chi connectivity index (χ0n) is 23.7. The Morgan fingerprint density at radius 2 is 1.62 bits per heavy atom. The van der Waals surface area contributed by atoms with Crippen molar-refractivity contribution in [2.75, 3.05) is 42.0 Å². The number of hydrogen-bond donors (Lipinski definition) is 1. The van der Waals surface area contributed by atoms with Gasteiger partial charge in [-0.2, -0.15) is 0 Å². The van der Waals surface area contributed by atoms with Crippen LogP contribution in [-0.4, -0.2) is 57.8 Å². The Bertz CT molecular complexity index is 1430. The fourth-order valence-corrected chi connectivity index (χ4v) is 5.18. The van der Waals surface area contributed by atoms with Crippen LogP contribution in [0.3, 0.4) is 0 Å². The van der Waals surface area contributed by atoms with Gasteiger partial charge in [-0.3, -0.25) is 4.79 Å². The number of carbonyl (C=O) groups is 1. The van der Waals surface area contributed by atoms with Crippen molar-refractivity contribution < 1.29 is 23.7 Å². The Morgan fingerprint density at radius 1 is 0.872 bits per heavy atom. The standard InChI is InChI=1S/C32H38N2O5/c1-7-22-10-8-11-23-26(20-33-31(22)23)25(24-12-9-13-28(37-4)32(24)39-6)19-30(35)34(2)17-16-21-14-15-27(36-3)29(18-21)38-5/h8-15,18,20,25,33H,7,16-17,19H2,1-6H3/t25-/m1/s1. The van der Waals surface area contributed by atoms with Crippen LogP contribution in [0.5, 0.6) is 23.0 Å². The van der Waals surface area contributed by atoms with Crippen LogP contribution < -0.4 is 18.9 Å². The second kappa shape index (κ2) is 12.6. The van der Waals surface area contributed by atoms with Crippen molar-refractivity contribution in [1.29, 1.82) is 0 Å². The van der Waals surface area contributed by atoms with Crippen LogP contribution in [-0.2, 0) is 17.6 Å². The van der Waals surface area contributed by atoms with Crippen LogP contribution in [0.4, 0.5) is 0 Å². The lowest BCUT2D eigenvalue weighted by atomic mass is 9.86. The Kier molecular flexibility index (Phi) is 9.02. The third-order valence-corrected chi connectivity index (χ3v) is 7.39. The van der Waals surface area contributed by atoms with Crippen LogP contribution >= 0.6 is 0 Å². The minimum atomic E-state index is -0.230. The van der Waals surface area contributed by atoms with Crippen molar-refractivity contribution in [3.8, 4) is 23.0 Å².